The minimum Gasteiger partial charge on any atom is -0.312 e. The van der Waals surface area contributed by atoms with Crippen LogP contribution in [0.3, 0.4) is 0 Å². The van der Waals surface area contributed by atoms with Gasteiger partial charge in [0.05, 0.1) is 4.90 Å². The molecule has 0 bridgehead atoms. The van der Waals surface area contributed by atoms with Gasteiger partial charge in [0.15, 0.2) is 0 Å². The molecule has 1 amide bonds. The fourth-order valence-electron chi connectivity index (χ4n) is 2.00. The smallest absolute Gasteiger partial charge is 0.265 e. The number of carbonyl (C=O) groups is 1. The van der Waals surface area contributed by atoms with Crippen LogP contribution in [-0.2, 0) is 21.2 Å². The zero-order valence-corrected chi connectivity index (χ0v) is 12.3. The molecule has 0 spiro atoms. The summed E-state index contributed by atoms with van der Waals surface area (Å²) in [5, 5.41) is 0. The van der Waals surface area contributed by atoms with Crippen molar-refractivity contribution >= 4 is 37.5 Å². The normalized spacial score (nSPS) is 13.9. The number of fused-ring (bicyclic) bond motifs is 1. The van der Waals surface area contributed by atoms with Gasteiger partial charge in [-0.3, -0.25) is 4.79 Å². The molecule has 0 radical (unpaired) electrons. The Bertz CT molecular complexity index is 710. The van der Waals surface area contributed by atoms with Crippen LogP contribution in [0.15, 0.2) is 26.0 Å². The molecule has 0 unspecified atom stereocenters. The van der Waals surface area contributed by atoms with Gasteiger partial charge in [-0.25, -0.2) is 8.42 Å². The van der Waals surface area contributed by atoms with Crippen LogP contribution >= 0.6 is 15.9 Å². The summed E-state index contributed by atoms with van der Waals surface area (Å²) in [6.45, 7) is 1.93. The first-order valence-corrected chi connectivity index (χ1v) is 7.52. The Kier molecular flexibility index (Phi) is 3.53. The highest BCUT2D eigenvalue weighted by Crippen LogP contribution is 2.36. The van der Waals surface area contributed by atoms with Gasteiger partial charge in [0.1, 0.15) is 0 Å². The van der Waals surface area contributed by atoms with E-state index in [1.807, 2.05) is 0 Å². The van der Waals surface area contributed by atoms with E-state index in [0.717, 1.165) is 5.56 Å². The first-order valence-electron chi connectivity index (χ1n) is 5.28. The van der Waals surface area contributed by atoms with Crippen molar-refractivity contribution in [3.63, 3.8) is 0 Å². The maximum Gasteiger partial charge on any atom is 0.265 e. The van der Waals surface area contributed by atoms with E-state index in [-0.39, 0.29) is 10.8 Å². The van der Waals surface area contributed by atoms with Gasteiger partial charge >= 0.3 is 0 Å². The molecule has 0 fully saturated rings. The molecule has 0 N–H and O–H groups in total. The second-order valence-electron chi connectivity index (χ2n) is 3.98. The maximum atomic E-state index is 11.8. The topological polar surface area (TPSA) is 103 Å². The Labute approximate surface area is 118 Å². The van der Waals surface area contributed by atoms with Crippen molar-refractivity contribution in [2.45, 2.75) is 18.2 Å². The van der Waals surface area contributed by atoms with E-state index in [2.05, 4.69) is 25.4 Å². The molecule has 0 atom stereocenters. The fourth-order valence-corrected chi connectivity index (χ4v) is 3.76. The summed E-state index contributed by atoms with van der Waals surface area (Å²) in [6, 6.07) is 3.00. The summed E-state index contributed by atoms with van der Waals surface area (Å²) in [5.74, 6) is -0.159. The van der Waals surface area contributed by atoms with Crippen molar-refractivity contribution in [3.05, 3.63) is 32.6 Å². The highest BCUT2D eigenvalue weighted by Gasteiger charge is 2.26. The van der Waals surface area contributed by atoms with Crippen molar-refractivity contribution in [1.82, 2.24) is 0 Å². The number of rotatable bonds is 2. The summed E-state index contributed by atoms with van der Waals surface area (Å²) in [6.07, 6.45) is 0.662. The number of anilines is 1. The standard InChI is InChI=1S/C10H9BrN4O3S/c1-6(16)15-3-2-7-4-8(11)10(5-9(7)15)19(17,18)14-13-12/h4-5H,2-3H2,1H3. The summed E-state index contributed by atoms with van der Waals surface area (Å²) >= 11 is 3.15. The zero-order valence-electron chi connectivity index (χ0n) is 9.87. The van der Waals surface area contributed by atoms with E-state index in [1.54, 1.807) is 6.07 Å². The van der Waals surface area contributed by atoms with Crippen molar-refractivity contribution in [2.24, 2.45) is 4.52 Å². The summed E-state index contributed by atoms with van der Waals surface area (Å²) in [5.41, 5.74) is 9.71. The van der Waals surface area contributed by atoms with Crippen molar-refractivity contribution < 1.29 is 13.2 Å². The van der Waals surface area contributed by atoms with Crippen LogP contribution in [0.1, 0.15) is 12.5 Å². The lowest BCUT2D eigenvalue weighted by molar-refractivity contribution is -0.116. The average Bonchev–Trinajstić information content (AvgIpc) is 2.70. The minimum atomic E-state index is -4.09. The minimum absolute atomic E-state index is 0.141. The number of benzene rings is 1. The lowest BCUT2D eigenvalue weighted by atomic mass is 10.2. The van der Waals surface area contributed by atoms with Gasteiger partial charge in [-0.2, -0.15) is 0 Å². The molecule has 0 saturated carbocycles. The Morgan fingerprint density at radius 3 is 2.79 bits per heavy atom. The molecule has 2 rings (SSSR count). The predicted octanol–water partition coefficient (Wildman–Crippen LogP) is 2.36. The number of carbonyl (C=O) groups excluding carboxylic acids is 1. The quantitative estimate of drug-likeness (QED) is 0.467. The average molecular weight is 345 g/mol. The van der Waals surface area contributed by atoms with E-state index in [4.69, 9.17) is 5.53 Å². The maximum absolute atomic E-state index is 11.8. The van der Waals surface area contributed by atoms with Crippen LogP contribution in [-0.4, -0.2) is 20.9 Å². The summed E-state index contributed by atoms with van der Waals surface area (Å²) in [4.78, 5) is 15.1. The Morgan fingerprint density at radius 2 is 2.21 bits per heavy atom. The van der Waals surface area contributed by atoms with Gasteiger partial charge in [-0.15, -0.1) is 0 Å². The number of azide groups is 1. The molecule has 19 heavy (non-hydrogen) atoms. The van der Waals surface area contributed by atoms with Crippen LogP contribution < -0.4 is 4.90 Å². The second kappa shape index (κ2) is 4.84. The number of sulfonamides is 1. The zero-order chi connectivity index (χ0) is 14.2. The van der Waals surface area contributed by atoms with E-state index in [9.17, 15) is 13.2 Å². The summed E-state index contributed by atoms with van der Waals surface area (Å²) < 4.78 is 26.7. The first kappa shape index (κ1) is 13.9. The van der Waals surface area contributed by atoms with Crippen LogP contribution in [0.25, 0.3) is 10.4 Å². The number of halogens is 1. The van der Waals surface area contributed by atoms with Gasteiger partial charge in [0, 0.05) is 33.1 Å². The Balaban J connectivity index is 2.64. The lowest BCUT2D eigenvalue weighted by Gasteiger charge is -2.15. The van der Waals surface area contributed by atoms with Crippen molar-refractivity contribution in [1.29, 1.82) is 0 Å². The molecule has 1 aliphatic heterocycles. The third-order valence-corrected chi connectivity index (χ3v) is 4.93. The number of hydrogen-bond donors (Lipinski definition) is 0. The molecule has 7 nitrogen and oxygen atoms in total. The van der Waals surface area contributed by atoms with Gasteiger partial charge in [-0.05, 0) is 45.6 Å². The number of hydrogen-bond acceptors (Lipinski definition) is 3. The Hall–Kier alpha value is -1.57. The molecule has 0 aliphatic carbocycles. The molecule has 0 aromatic heterocycles. The van der Waals surface area contributed by atoms with Gasteiger partial charge in [0.25, 0.3) is 10.0 Å². The van der Waals surface area contributed by atoms with Gasteiger partial charge < -0.3 is 4.90 Å². The second-order valence-corrected chi connectivity index (χ2v) is 6.39. The van der Waals surface area contributed by atoms with E-state index < -0.39 is 10.0 Å². The third kappa shape index (κ3) is 2.44. The van der Waals surface area contributed by atoms with E-state index in [0.29, 0.717) is 23.1 Å². The largest absolute Gasteiger partial charge is 0.312 e. The predicted molar refractivity (Wildman–Crippen MR) is 72.2 cm³/mol. The van der Waals surface area contributed by atoms with Crippen molar-refractivity contribution in [2.75, 3.05) is 11.4 Å². The Morgan fingerprint density at radius 1 is 1.53 bits per heavy atom. The van der Waals surface area contributed by atoms with Crippen LogP contribution in [0.5, 0.6) is 0 Å². The van der Waals surface area contributed by atoms with Crippen LogP contribution in [0.4, 0.5) is 5.69 Å². The fraction of sp³-hybridized carbons (Fsp3) is 0.300. The molecule has 1 aliphatic rings. The lowest BCUT2D eigenvalue weighted by Crippen LogP contribution is -2.25. The van der Waals surface area contributed by atoms with Gasteiger partial charge in [-0.1, -0.05) is 0 Å². The highest BCUT2D eigenvalue weighted by molar-refractivity contribution is 9.10. The van der Waals surface area contributed by atoms with E-state index >= 15 is 0 Å². The molecule has 0 saturated heterocycles. The molecule has 1 aromatic carbocycles. The molecule has 1 heterocycles. The number of amides is 1. The summed E-state index contributed by atoms with van der Waals surface area (Å²) in [7, 11) is -4.09. The van der Waals surface area contributed by atoms with Gasteiger partial charge in [0.2, 0.25) is 5.91 Å². The van der Waals surface area contributed by atoms with Crippen LogP contribution in [0, 0.1) is 0 Å². The monoisotopic (exact) mass is 344 g/mol. The van der Waals surface area contributed by atoms with E-state index in [1.165, 1.54) is 17.9 Å². The molecular formula is C10H9BrN4O3S. The SMILES string of the molecule is CC(=O)N1CCc2cc(Br)c(S(=O)(=O)N=[N+]=[N-])cc21. The van der Waals surface area contributed by atoms with Crippen molar-refractivity contribution in [3.8, 4) is 0 Å². The molecule has 9 heteroatoms. The number of nitrogens with zero attached hydrogens (tertiary/aromatic N) is 4. The third-order valence-electron chi connectivity index (χ3n) is 2.83. The molecule has 100 valence electrons. The van der Waals surface area contributed by atoms with Crippen LogP contribution in [0.2, 0.25) is 0 Å². The highest BCUT2D eigenvalue weighted by atomic mass is 79.9. The first-order chi connectivity index (χ1) is 8.86. The molecule has 1 aromatic rings. The molecular weight excluding hydrogens is 336 g/mol.